The summed E-state index contributed by atoms with van der Waals surface area (Å²) < 4.78 is 0. The van der Waals surface area contributed by atoms with E-state index >= 15 is 0 Å². The molecule has 2 heterocycles. The number of hydrogen-bond acceptors (Lipinski definition) is 5. The molecule has 8 heteroatoms. The lowest BCUT2D eigenvalue weighted by atomic mass is 9.95. The van der Waals surface area contributed by atoms with E-state index in [4.69, 9.17) is 0 Å². The number of carbonyl (C=O) groups is 1. The van der Waals surface area contributed by atoms with Crippen molar-refractivity contribution in [2.75, 3.05) is 0 Å². The average molecular weight is 440 g/mol. The van der Waals surface area contributed by atoms with Gasteiger partial charge < -0.3 is 10.0 Å². The highest BCUT2D eigenvalue weighted by atomic mass is 16.6. The van der Waals surface area contributed by atoms with Gasteiger partial charge in [0.25, 0.3) is 11.6 Å². The van der Waals surface area contributed by atoms with Gasteiger partial charge in [-0.2, -0.15) is 5.10 Å². The van der Waals surface area contributed by atoms with Gasteiger partial charge in [-0.25, -0.2) is 0 Å². The third-order valence-electron chi connectivity index (χ3n) is 5.89. The number of carbonyl (C=O) groups excluding carboxylic acids is 1. The number of rotatable bonds is 5. The molecule has 0 saturated carbocycles. The van der Waals surface area contributed by atoms with Crippen LogP contribution in [0.1, 0.15) is 38.8 Å². The van der Waals surface area contributed by atoms with Crippen molar-refractivity contribution in [2.24, 2.45) is 0 Å². The molecule has 0 fully saturated rings. The maximum absolute atomic E-state index is 13.5. The minimum atomic E-state index is -0.609. The van der Waals surface area contributed by atoms with E-state index in [0.29, 0.717) is 34.6 Å². The molecular weight excluding hydrogens is 420 g/mol. The molecule has 1 amide bonds. The first kappa shape index (κ1) is 20.4. The Hall–Kier alpha value is -4.46. The van der Waals surface area contributed by atoms with Gasteiger partial charge >= 0.3 is 0 Å². The first-order valence-electron chi connectivity index (χ1n) is 10.4. The summed E-state index contributed by atoms with van der Waals surface area (Å²) in [6.45, 7) is 2.31. The topological polar surface area (TPSA) is 112 Å². The molecule has 4 aromatic rings. The fraction of sp³-hybridized carbons (Fsp3) is 0.120. The van der Waals surface area contributed by atoms with E-state index in [1.165, 1.54) is 12.1 Å². The van der Waals surface area contributed by atoms with Crippen molar-refractivity contribution < 1.29 is 14.8 Å². The van der Waals surface area contributed by atoms with Crippen LogP contribution in [0.3, 0.4) is 0 Å². The lowest BCUT2D eigenvalue weighted by molar-refractivity contribution is -0.384. The number of fused-ring (bicyclic) bond motifs is 1. The number of aryl methyl sites for hydroxylation is 1. The summed E-state index contributed by atoms with van der Waals surface area (Å²) in [6, 6.07) is 20.3. The number of nitro benzene ring substituents is 1. The van der Waals surface area contributed by atoms with Crippen molar-refractivity contribution in [2.45, 2.75) is 19.5 Å². The zero-order valence-electron chi connectivity index (χ0n) is 17.7. The molecular formula is C25H20N4O4. The Morgan fingerprint density at radius 1 is 1.09 bits per heavy atom. The zero-order valence-corrected chi connectivity index (χ0v) is 17.7. The molecule has 8 nitrogen and oxygen atoms in total. The van der Waals surface area contributed by atoms with Crippen LogP contribution in [0.15, 0.2) is 72.8 Å². The second-order valence-corrected chi connectivity index (χ2v) is 8.05. The highest BCUT2D eigenvalue weighted by Crippen LogP contribution is 2.45. The van der Waals surface area contributed by atoms with E-state index in [1.807, 2.05) is 31.2 Å². The Kier molecular flexibility index (Phi) is 4.90. The summed E-state index contributed by atoms with van der Waals surface area (Å²) in [4.78, 5) is 26.1. The van der Waals surface area contributed by atoms with Gasteiger partial charge in [0.1, 0.15) is 17.1 Å². The Balaban J connectivity index is 1.68. The second kappa shape index (κ2) is 7.90. The molecule has 1 unspecified atom stereocenters. The number of benzene rings is 3. The maximum atomic E-state index is 13.5. The van der Waals surface area contributed by atoms with Gasteiger partial charge in [0, 0.05) is 29.8 Å². The molecule has 5 rings (SSSR count). The fourth-order valence-electron chi connectivity index (χ4n) is 4.28. The van der Waals surface area contributed by atoms with Crippen molar-refractivity contribution in [3.05, 3.63) is 111 Å². The Bertz CT molecular complexity index is 1380. The molecule has 0 saturated heterocycles. The van der Waals surface area contributed by atoms with Crippen LogP contribution in [0.2, 0.25) is 0 Å². The minimum absolute atomic E-state index is 0.0361. The summed E-state index contributed by atoms with van der Waals surface area (Å²) in [5.74, 6) is -0.217. The molecule has 0 radical (unpaired) electrons. The third-order valence-corrected chi connectivity index (χ3v) is 5.89. The van der Waals surface area contributed by atoms with Crippen LogP contribution >= 0.6 is 0 Å². The summed E-state index contributed by atoms with van der Waals surface area (Å²) in [5.41, 5.74) is 4.42. The number of phenolic OH excluding ortho intramolecular Hbond substituents is 1. The smallest absolute Gasteiger partial charge is 0.273 e. The molecule has 3 aromatic carbocycles. The van der Waals surface area contributed by atoms with Crippen LogP contribution in [-0.2, 0) is 6.54 Å². The predicted octanol–water partition coefficient (Wildman–Crippen LogP) is 4.74. The van der Waals surface area contributed by atoms with Crippen molar-refractivity contribution in [1.82, 2.24) is 15.1 Å². The lowest BCUT2D eigenvalue weighted by Crippen LogP contribution is -2.29. The molecule has 0 bridgehead atoms. The summed E-state index contributed by atoms with van der Waals surface area (Å²) in [5, 5.41) is 29.1. The molecule has 1 aliphatic rings. The van der Waals surface area contributed by atoms with Crippen LogP contribution in [0.5, 0.6) is 5.75 Å². The number of non-ortho nitro benzene ring substituents is 1. The molecule has 1 atom stereocenters. The van der Waals surface area contributed by atoms with Gasteiger partial charge in [-0.1, -0.05) is 54.1 Å². The van der Waals surface area contributed by atoms with Crippen LogP contribution < -0.4 is 0 Å². The number of amides is 1. The van der Waals surface area contributed by atoms with E-state index in [1.54, 1.807) is 41.3 Å². The van der Waals surface area contributed by atoms with E-state index in [-0.39, 0.29) is 17.3 Å². The highest BCUT2D eigenvalue weighted by molar-refractivity contribution is 6.00. The zero-order chi connectivity index (χ0) is 23.1. The molecule has 2 N–H and O–H groups in total. The summed E-state index contributed by atoms with van der Waals surface area (Å²) in [7, 11) is 0. The van der Waals surface area contributed by atoms with Gasteiger partial charge in [-0.3, -0.25) is 20.0 Å². The van der Waals surface area contributed by atoms with Crippen LogP contribution in [0, 0.1) is 17.0 Å². The van der Waals surface area contributed by atoms with Crippen molar-refractivity contribution in [1.29, 1.82) is 0 Å². The molecule has 1 aliphatic heterocycles. The summed E-state index contributed by atoms with van der Waals surface area (Å²) in [6.07, 6.45) is 0. The predicted molar refractivity (Wildman–Crippen MR) is 122 cm³/mol. The third kappa shape index (κ3) is 3.51. The number of aromatic nitrogens is 2. The largest absolute Gasteiger partial charge is 0.507 e. The fourth-order valence-corrected chi connectivity index (χ4v) is 4.28. The van der Waals surface area contributed by atoms with Crippen LogP contribution in [-0.4, -0.2) is 31.0 Å². The van der Waals surface area contributed by atoms with E-state index in [2.05, 4.69) is 10.2 Å². The number of aromatic hydroxyl groups is 1. The van der Waals surface area contributed by atoms with Crippen molar-refractivity contribution in [3.8, 4) is 17.0 Å². The molecule has 0 spiro atoms. The van der Waals surface area contributed by atoms with Gasteiger partial charge in [-0.15, -0.1) is 0 Å². The maximum Gasteiger partial charge on any atom is 0.273 e. The lowest BCUT2D eigenvalue weighted by Gasteiger charge is -2.26. The quantitative estimate of drug-likeness (QED) is 0.344. The van der Waals surface area contributed by atoms with E-state index < -0.39 is 11.0 Å². The number of H-pyrrole nitrogens is 1. The van der Waals surface area contributed by atoms with Gasteiger partial charge in [-0.05, 0) is 30.2 Å². The highest BCUT2D eigenvalue weighted by Gasteiger charge is 2.42. The monoisotopic (exact) mass is 440 g/mol. The average Bonchev–Trinajstić information content (AvgIpc) is 3.35. The first-order chi connectivity index (χ1) is 15.9. The first-order valence-corrected chi connectivity index (χ1v) is 10.4. The second-order valence-electron chi connectivity index (χ2n) is 8.05. The number of nitrogens with one attached hydrogen (secondary N) is 1. The Morgan fingerprint density at radius 2 is 1.85 bits per heavy atom. The Morgan fingerprint density at radius 3 is 2.58 bits per heavy atom. The normalized spacial score (nSPS) is 15.0. The molecule has 164 valence electrons. The van der Waals surface area contributed by atoms with Crippen LogP contribution in [0.25, 0.3) is 11.3 Å². The minimum Gasteiger partial charge on any atom is -0.507 e. The van der Waals surface area contributed by atoms with Crippen molar-refractivity contribution in [3.63, 3.8) is 0 Å². The SMILES string of the molecule is Cc1ccc(CN2C(=O)c3[nH]nc(-c4ccccc4O)c3C2c2cccc([N+](=O)[O-])c2)cc1. The Labute approximate surface area is 189 Å². The number of nitrogens with zero attached hydrogens (tertiary/aromatic N) is 3. The number of para-hydroxylation sites is 1. The molecule has 33 heavy (non-hydrogen) atoms. The van der Waals surface area contributed by atoms with E-state index in [9.17, 15) is 20.0 Å². The number of aromatic amines is 1. The van der Waals surface area contributed by atoms with E-state index in [0.717, 1.165) is 11.1 Å². The molecule has 0 aliphatic carbocycles. The standard InChI is InChI=1S/C25H20N4O4/c1-15-9-11-16(12-10-15)14-28-24(17-5-4-6-18(13-17)29(32)33)21-22(26-27-23(21)25(28)31)19-7-2-3-8-20(19)30/h2-13,24,30H,14H2,1H3,(H,26,27). The number of hydrogen-bond donors (Lipinski definition) is 2. The van der Waals surface area contributed by atoms with Crippen molar-refractivity contribution >= 4 is 11.6 Å². The van der Waals surface area contributed by atoms with Gasteiger partial charge in [0.2, 0.25) is 0 Å². The number of phenols is 1. The van der Waals surface area contributed by atoms with Crippen LogP contribution in [0.4, 0.5) is 5.69 Å². The molecule has 1 aromatic heterocycles. The van der Waals surface area contributed by atoms with Gasteiger partial charge in [0.15, 0.2) is 0 Å². The number of nitro groups is 1. The summed E-state index contributed by atoms with van der Waals surface area (Å²) >= 11 is 0. The van der Waals surface area contributed by atoms with Gasteiger partial charge in [0.05, 0.1) is 11.0 Å².